The zero-order valence-corrected chi connectivity index (χ0v) is 9.27. The Morgan fingerprint density at radius 1 is 1.29 bits per heavy atom. The van der Waals surface area contributed by atoms with Crippen molar-refractivity contribution in [2.45, 2.75) is 5.03 Å². The molecule has 0 fully saturated rings. The first-order valence-corrected chi connectivity index (χ1v) is 6.55. The number of hydrogen-bond acceptors (Lipinski definition) is 3. The molecule has 1 unspecified atom stereocenters. The van der Waals surface area contributed by atoms with Crippen LogP contribution in [0.15, 0.2) is 40.7 Å². The molecule has 4 heteroatoms. The fraction of sp³-hybridized carbons (Fsp3) is 0.100. The molecule has 0 bridgehead atoms. The van der Waals surface area contributed by atoms with Crippen LogP contribution < -0.4 is 0 Å². The first kappa shape index (κ1) is 9.55. The number of thiophene rings is 1. The van der Waals surface area contributed by atoms with Gasteiger partial charge in [-0.2, -0.15) is 0 Å². The van der Waals surface area contributed by atoms with Gasteiger partial charge in [-0.15, -0.1) is 11.3 Å². The topological polar surface area (TPSA) is 30.0 Å². The summed E-state index contributed by atoms with van der Waals surface area (Å²) in [5.41, 5.74) is 0.896. The third-order valence-electron chi connectivity index (χ3n) is 1.79. The SMILES string of the molecule is CS(=O)c1cccc(-c2cccs2)n1. The van der Waals surface area contributed by atoms with Crippen molar-refractivity contribution in [3.8, 4) is 10.6 Å². The fourth-order valence-corrected chi connectivity index (χ4v) is 2.33. The monoisotopic (exact) mass is 223 g/mol. The molecule has 0 aromatic carbocycles. The van der Waals surface area contributed by atoms with E-state index in [0.717, 1.165) is 10.6 Å². The molecular formula is C10H9NOS2. The Morgan fingerprint density at radius 3 is 2.79 bits per heavy atom. The quantitative estimate of drug-likeness (QED) is 0.783. The van der Waals surface area contributed by atoms with E-state index < -0.39 is 10.8 Å². The molecule has 0 aliphatic carbocycles. The number of pyridine rings is 1. The van der Waals surface area contributed by atoms with E-state index in [1.165, 1.54) is 0 Å². The van der Waals surface area contributed by atoms with Gasteiger partial charge in [-0.25, -0.2) is 4.98 Å². The molecular weight excluding hydrogens is 214 g/mol. The minimum atomic E-state index is -1.01. The molecule has 0 N–H and O–H groups in total. The van der Waals surface area contributed by atoms with Crippen LogP contribution in [0.3, 0.4) is 0 Å². The number of rotatable bonds is 2. The van der Waals surface area contributed by atoms with E-state index >= 15 is 0 Å². The van der Waals surface area contributed by atoms with E-state index in [-0.39, 0.29) is 0 Å². The van der Waals surface area contributed by atoms with Crippen molar-refractivity contribution in [1.29, 1.82) is 0 Å². The van der Waals surface area contributed by atoms with E-state index in [1.807, 2.05) is 29.6 Å². The van der Waals surface area contributed by atoms with Crippen molar-refractivity contribution in [1.82, 2.24) is 4.98 Å². The summed E-state index contributed by atoms with van der Waals surface area (Å²) >= 11 is 1.63. The maximum atomic E-state index is 11.2. The van der Waals surface area contributed by atoms with Gasteiger partial charge in [0, 0.05) is 6.26 Å². The molecule has 1 atom stereocenters. The van der Waals surface area contributed by atoms with Crippen molar-refractivity contribution >= 4 is 22.1 Å². The third-order valence-corrected chi connectivity index (χ3v) is 3.50. The highest BCUT2D eigenvalue weighted by Crippen LogP contribution is 2.22. The summed E-state index contributed by atoms with van der Waals surface area (Å²) in [6, 6.07) is 9.60. The Balaban J connectivity index is 2.46. The van der Waals surface area contributed by atoms with Crippen LogP contribution >= 0.6 is 11.3 Å². The summed E-state index contributed by atoms with van der Waals surface area (Å²) in [4.78, 5) is 5.43. The van der Waals surface area contributed by atoms with Gasteiger partial charge in [-0.3, -0.25) is 4.21 Å². The molecule has 2 heterocycles. The third kappa shape index (κ3) is 1.91. The second-order valence-electron chi connectivity index (χ2n) is 2.79. The Morgan fingerprint density at radius 2 is 2.14 bits per heavy atom. The summed E-state index contributed by atoms with van der Waals surface area (Å²) in [7, 11) is -1.01. The maximum absolute atomic E-state index is 11.2. The van der Waals surface area contributed by atoms with Crippen LogP contribution in [0.5, 0.6) is 0 Å². The standard InChI is InChI=1S/C10H9NOS2/c1-14(12)10-6-2-4-8(11-10)9-5-3-7-13-9/h2-7H,1H3. The molecule has 2 rings (SSSR count). The molecule has 0 amide bonds. The molecule has 0 aliphatic heterocycles. The number of hydrogen-bond donors (Lipinski definition) is 0. The predicted octanol–water partition coefficient (Wildman–Crippen LogP) is 2.55. The average Bonchev–Trinajstić information content (AvgIpc) is 2.71. The van der Waals surface area contributed by atoms with Gasteiger partial charge in [0.25, 0.3) is 0 Å². The van der Waals surface area contributed by atoms with Gasteiger partial charge < -0.3 is 0 Å². The first-order valence-electron chi connectivity index (χ1n) is 4.12. The smallest absolute Gasteiger partial charge is 0.127 e. The van der Waals surface area contributed by atoms with Crippen LogP contribution in [-0.2, 0) is 10.8 Å². The minimum Gasteiger partial charge on any atom is -0.253 e. The summed E-state index contributed by atoms with van der Waals surface area (Å²) in [6.07, 6.45) is 1.64. The molecule has 2 aromatic rings. The number of aromatic nitrogens is 1. The van der Waals surface area contributed by atoms with E-state index in [9.17, 15) is 4.21 Å². The van der Waals surface area contributed by atoms with Gasteiger partial charge in [0.15, 0.2) is 0 Å². The van der Waals surface area contributed by atoms with E-state index in [0.29, 0.717) is 5.03 Å². The maximum Gasteiger partial charge on any atom is 0.127 e. The fourth-order valence-electron chi connectivity index (χ4n) is 1.14. The van der Waals surface area contributed by atoms with Gasteiger partial charge >= 0.3 is 0 Å². The van der Waals surface area contributed by atoms with Crippen LogP contribution in [0, 0.1) is 0 Å². The van der Waals surface area contributed by atoms with Gasteiger partial charge in [-0.05, 0) is 23.6 Å². The lowest BCUT2D eigenvalue weighted by molar-refractivity contribution is 0.684. The average molecular weight is 223 g/mol. The lowest BCUT2D eigenvalue weighted by Gasteiger charge is -1.99. The lowest BCUT2D eigenvalue weighted by Crippen LogP contribution is -1.92. The van der Waals surface area contributed by atoms with E-state index in [2.05, 4.69) is 4.98 Å². The molecule has 0 spiro atoms. The molecule has 72 valence electrons. The lowest BCUT2D eigenvalue weighted by atomic mass is 10.3. The summed E-state index contributed by atoms with van der Waals surface area (Å²) in [5, 5.41) is 2.64. The Labute approximate surface area is 89.1 Å². The Kier molecular flexibility index (Phi) is 2.74. The molecule has 2 nitrogen and oxygen atoms in total. The largest absolute Gasteiger partial charge is 0.253 e. The van der Waals surface area contributed by atoms with Crippen LogP contribution in [-0.4, -0.2) is 15.4 Å². The zero-order valence-electron chi connectivity index (χ0n) is 7.64. The van der Waals surface area contributed by atoms with Crippen LogP contribution in [0.25, 0.3) is 10.6 Å². The molecule has 0 aliphatic rings. The minimum absolute atomic E-state index is 0.635. The predicted molar refractivity (Wildman–Crippen MR) is 59.9 cm³/mol. The summed E-state index contributed by atoms with van der Waals surface area (Å²) in [5.74, 6) is 0. The van der Waals surface area contributed by atoms with Gasteiger partial charge in [-0.1, -0.05) is 12.1 Å². The van der Waals surface area contributed by atoms with Crippen molar-refractivity contribution in [3.05, 3.63) is 35.7 Å². The van der Waals surface area contributed by atoms with Crippen LogP contribution in [0.4, 0.5) is 0 Å². The Bertz CT molecular complexity index is 451. The summed E-state index contributed by atoms with van der Waals surface area (Å²) in [6.45, 7) is 0. The Hall–Kier alpha value is -1.00. The van der Waals surface area contributed by atoms with Crippen molar-refractivity contribution in [3.63, 3.8) is 0 Å². The van der Waals surface area contributed by atoms with Crippen LogP contribution in [0.2, 0.25) is 0 Å². The van der Waals surface area contributed by atoms with Crippen LogP contribution in [0.1, 0.15) is 0 Å². The highest BCUT2D eigenvalue weighted by Gasteiger charge is 2.03. The molecule has 14 heavy (non-hydrogen) atoms. The number of nitrogens with zero attached hydrogens (tertiary/aromatic N) is 1. The molecule has 0 saturated heterocycles. The molecule has 0 saturated carbocycles. The van der Waals surface area contributed by atoms with Gasteiger partial charge in [0.05, 0.1) is 21.4 Å². The van der Waals surface area contributed by atoms with E-state index in [4.69, 9.17) is 0 Å². The normalized spacial score (nSPS) is 12.6. The molecule has 0 radical (unpaired) electrons. The van der Waals surface area contributed by atoms with Gasteiger partial charge in [0.2, 0.25) is 0 Å². The second kappa shape index (κ2) is 4.02. The zero-order chi connectivity index (χ0) is 9.97. The molecule has 2 aromatic heterocycles. The highest BCUT2D eigenvalue weighted by atomic mass is 32.2. The first-order chi connectivity index (χ1) is 6.77. The van der Waals surface area contributed by atoms with Gasteiger partial charge in [0.1, 0.15) is 5.03 Å². The van der Waals surface area contributed by atoms with Crippen molar-refractivity contribution in [2.24, 2.45) is 0 Å². The van der Waals surface area contributed by atoms with Crippen molar-refractivity contribution in [2.75, 3.05) is 6.26 Å². The van der Waals surface area contributed by atoms with Crippen molar-refractivity contribution < 1.29 is 4.21 Å². The summed E-state index contributed by atoms with van der Waals surface area (Å²) < 4.78 is 11.2. The highest BCUT2D eigenvalue weighted by molar-refractivity contribution is 7.84. The van der Waals surface area contributed by atoms with E-state index in [1.54, 1.807) is 23.7 Å². The second-order valence-corrected chi connectivity index (χ2v) is 5.07.